The molecule has 10 heteroatoms. The maximum atomic E-state index is 15.2. The molecule has 216 valence electrons. The van der Waals surface area contributed by atoms with E-state index in [1.807, 2.05) is 26.0 Å². The van der Waals surface area contributed by atoms with Crippen LogP contribution in [0.1, 0.15) is 49.2 Å². The Kier molecular flexibility index (Phi) is 8.49. The van der Waals surface area contributed by atoms with Crippen molar-refractivity contribution in [3.05, 3.63) is 65.2 Å². The predicted octanol–water partition coefficient (Wildman–Crippen LogP) is 3.00. The molecule has 3 atom stereocenters. The van der Waals surface area contributed by atoms with Gasteiger partial charge < -0.3 is 26.0 Å². The zero-order valence-corrected chi connectivity index (χ0v) is 23.3. The Morgan fingerprint density at radius 1 is 1.10 bits per heavy atom. The number of aliphatic hydroxyl groups is 1. The second-order valence-electron chi connectivity index (χ2n) is 11.7. The van der Waals surface area contributed by atoms with Crippen molar-refractivity contribution < 1.29 is 28.3 Å². The largest absolute Gasteiger partial charge is 0.384 e. The number of anilines is 1. The fourth-order valence-electron chi connectivity index (χ4n) is 5.43. The number of hydrogen-bond acceptors (Lipinski definition) is 5. The van der Waals surface area contributed by atoms with Crippen LogP contribution in [0.2, 0.25) is 0 Å². The van der Waals surface area contributed by atoms with E-state index in [0.717, 1.165) is 21.7 Å². The minimum Gasteiger partial charge on any atom is -0.384 e. The lowest BCUT2D eigenvalue weighted by Crippen LogP contribution is -2.58. The van der Waals surface area contributed by atoms with Crippen LogP contribution in [0.4, 0.5) is 14.5 Å². The smallest absolute Gasteiger partial charge is 0.272 e. The second kappa shape index (κ2) is 11.5. The van der Waals surface area contributed by atoms with Crippen LogP contribution in [0.5, 0.6) is 0 Å². The lowest BCUT2D eigenvalue weighted by Gasteiger charge is -2.34. The molecule has 0 saturated carbocycles. The van der Waals surface area contributed by atoms with Gasteiger partial charge in [-0.3, -0.25) is 14.4 Å². The molecule has 8 nitrogen and oxygen atoms in total. The normalized spacial score (nSPS) is 20.4. The van der Waals surface area contributed by atoms with Crippen molar-refractivity contribution in [2.75, 3.05) is 25.0 Å². The molecule has 40 heavy (non-hydrogen) atoms. The number of fused-ring (bicyclic) bond motifs is 1. The first-order valence-electron chi connectivity index (χ1n) is 13.7. The maximum absolute atomic E-state index is 15.2. The number of amides is 3. The van der Waals surface area contributed by atoms with E-state index in [4.69, 9.17) is 0 Å². The fraction of sp³-hybridized carbons (Fsp3) is 0.500. The van der Waals surface area contributed by atoms with Crippen molar-refractivity contribution >= 4 is 23.4 Å². The van der Waals surface area contributed by atoms with Crippen molar-refractivity contribution in [3.63, 3.8) is 0 Å². The van der Waals surface area contributed by atoms with Crippen molar-refractivity contribution in [1.29, 1.82) is 0 Å². The predicted molar refractivity (Wildman–Crippen MR) is 148 cm³/mol. The molecular weight excluding hydrogens is 518 g/mol. The van der Waals surface area contributed by atoms with E-state index in [9.17, 15) is 19.5 Å². The lowest BCUT2D eigenvalue weighted by molar-refractivity contribution is -0.148. The molecule has 0 spiro atoms. The molecule has 2 aromatic rings. The van der Waals surface area contributed by atoms with Crippen LogP contribution in [-0.4, -0.2) is 71.5 Å². The minimum absolute atomic E-state index is 0.0730. The van der Waals surface area contributed by atoms with Crippen molar-refractivity contribution in [1.82, 2.24) is 15.5 Å². The van der Waals surface area contributed by atoms with Gasteiger partial charge in [0.2, 0.25) is 5.91 Å². The van der Waals surface area contributed by atoms with E-state index in [2.05, 4.69) is 16.0 Å². The highest BCUT2D eigenvalue weighted by molar-refractivity contribution is 5.98. The average Bonchev–Trinajstić information content (AvgIpc) is 3.46. The van der Waals surface area contributed by atoms with E-state index >= 15 is 8.78 Å². The van der Waals surface area contributed by atoms with Crippen molar-refractivity contribution in [3.8, 4) is 0 Å². The highest BCUT2D eigenvalue weighted by Gasteiger charge is 2.64. The molecule has 0 bridgehead atoms. The maximum Gasteiger partial charge on any atom is 0.272 e. The zero-order valence-electron chi connectivity index (χ0n) is 23.3. The minimum atomic E-state index is -3.38. The van der Waals surface area contributed by atoms with Crippen LogP contribution in [0.15, 0.2) is 48.5 Å². The van der Waals surface area contributed by atoms with Crippen LogP contribution in [0, 0.1) is 11.3 Å². The van der Waals surface area contributed by atoms with Gasteiger partial charge in [-0.2, -0.15) is 0 Å². The molecule has 0 radical (unpaired) electrons. The number of aliphatic hydroxyl groups excluding tert-OH is 1. The average molecular weight is 557 g/mol. The molecule has 1 unspecified atom stereocenters. The molecule has 0 aliphatic carbocycles. The molecule has 3 amide bonds. The Morgan fingerprint density at radius 2 is 1.80 bits per heavy atom. The number of carbonyl (C=O) groups is 3. The summed E-state index contributed by atoms with van der Waals surface area (Å²) in [5.74, 6) is -5.52. The van der Waals surface area contributed by atoms with Gasteiger partial charge >= 0.3 is 0 Å². The SMILES string of the molecule is CC(C)CNC(=O)[C@H]1N(C(=O)[C@@H](O)C(Cc2ccccc2)NC(=O)c2cccc3c2CCN3)CC(F)(F)C1(C)C. The number of nitrogens with zero attached hydrogens (tertiary/aromatic N) is 1. The Hall–Kier alpha value is -3.53. The Labute approximate surface area is 233 Å². The second-order valence-corrected chi connectivity index (χ2v) is 11.7. The summed E-state index contributed by atoms with van der Waals surface area (Å²) in [6.45, 7) is 6.17. The van der Waals surface area contributed by atoms with Crippen molar-refractivity contribution in [2.24, 2.45) is 11.3 Å². The lowest BCUT2D eigenvalue weighted by atomic mass is 9.81. The van der Waals surface area contributed by atoms with E-state index in [1.165, 1.54) is 13.8 Å². The first kappa shape index (κ1) is 29.5. The molecule has 1 saturated heterocycles. The molecule has 1 fully saturated rings. The van der Waals surface area contributed by atoms with Crippen molar-refractivity contribution in [2.45, 2.75) is 64.6 Å². The number of hydrogen-bond donors (Lipinski definition) is 4. The Bertz CT molecular complexity index is 1250. The molecule has 4 rings (SSSR count). The van der Waals surface area contributed by atoms with Gasteiger partial charge in [0.15, 0.2) is 6.10 Å². The molecule has 2 aliphatic rings. The monoisotopic (exact) mass is 556 g/mol. The van der Waals surface area contributed by atoms with Gasteiger partial charge in [0.1, 0.15) is 6.04 Å². The number of carbonyl (C=O) groups excluding carboxylic acids is 3. The summed E-state index contributed by atoms with van der Waals surface area (Å²) in [7, 11) is 0. The Balaban J connectivity index is 1.63. The summed E-state index contributed by atoms with van der Waals surface area (Å²) < 4.78 is 30.4. The van der Waals surface area contributed by atoms with E-state index in [-0.39, 0.29) is 18.9 Å². The first-order chi connectivity index (χ1) is 18.8. The summed E-state index contributed by atoms with van der Waals surface area (Å²) >= 11 is 0. The third-order valence-corrected chi connectivity index (χ3v) is 7.88. The van der Waals surface area contributed by atoms with Crippen LogP contribution >= 0.6 is 0 Å². The Morgan fingerprint density at radius 3 is 2.48 bits per heavy atom. The third kappa shape index (κ3) is 5.82. The standard InChI is InChI=1S/C30H38F2N4O4/c1-18(2)16-34-27(39)25-29(3,4)30(31,32)17-36(25)28(40)24(37)23(15-19-9-6-5-7-10-19)35-26(38)21-11-8-12-22-20(21)13-14-33-22/h5-12,18,23-25,33,37H,13-17H2,1-4H3,(H,34,39)(H,35,38)/t23?,24-,25+/m0/s1. The number of likely N-dealkylation sites (tertiary alicyclic amines) is 1. The van der Waals surface area contributed by atoms with Gasteiger partial charge in [-0.15, -0.1) is 0 Å². The molecule has 0 aromatic heterocycles. The number of halogens is 2. The van der Waals surface area contributed by atoms with E-state index in [1.54, 1.807) is 36.4 Å². The summed E-state index contributed by atoms with van der Waals surface area (Å²) in [4.78, 5) is 41.0. The van der Waals surface area contributed by atoms with E-state index in [0.29, 0.717) is 18.5 Å². The third-order valence-electron chi connectivity index (χ3n) is 7.88. The highest BCUT2D eigenvalue weighted by Crippen LogP contribution is 2.48. The quantitative estimate of drug-likeness (QED) is 0.380. The van der Waals surface area contributed by atoms with Crippen LogP contribution in [0.3, 0.4) is 0 Å². The molecule has 4 N–H and O–H groups in total. The fourth-order valence-corrected chi connectivity index (χ4v) is 5.43. The topological polar surface area (TPSA) is 111 Å². The highest BCUT2D eigenvalue weighted by atomic mass is 19.3. The summed E-state index contributed by atoms with van der Waals surface area (Å²) in [6.07, 6.45) is -1.15. The summed E-state index contributed by atoms with van der Waals surface area (Å²) in [6, 6.07) is 11.6. The number of alkyl halides is 2. The van der Waals surface area contributed by atoms with Gasteiger partial charge in [0.05, 0.1) is 18.0 Å². The van der Waals surface area contributed by atoms with Gasteiger partial charge in [0.25, 0.3) is 17.7 Å². The number of rotatable bonds is 9. The summed E-state index contributed by atoms with van der Waals surface area (Å²) in [5, 5.41) is 20.0. The number of nitrogens with one attached hydrogen (secondary N) is 3. The summed E-state index contributed by atoms with van der Waals surface area (Å²) in [5.41, 5.74) is 0.958. The van der Waals surface area contributed by atoms with Crippen LogP contribution in [-0.2, 0) is 22.4 Å². The van der Waals surface area contributed by atoms with Gasteiger partial charge in [-0.05, 0) is 42.0 Å². The van der Waals surface area contributed by atoms with Gasteiger partial charge in [-0.1, -0.05) is 64.1 Å². The molecular formula is C30H38F2N4O4. The molecule has 2 heterocycles. The number of benzene rings is 2. The van der Waals surface area contributed by atoms with Gasteiger partial charge in [-0.25, -0.2) is 8.78 Å². The van der Waals surface area contributed by atoms with Gasteiger partial charge in [0, 0.05) is 24.3 Å². The van der Waals surface area contributed by atoms with E-state index < -0.39 is 53.8 Å². The zero-order chi connectivity index (χ0) is 29.2. The van der Waals surface area contributed by atoms with Crippen LogP contribution < -0.4 is 16.0 Å². The molecule has 2 aromatic carbocycles. The van der Waals surface area contributed by atoms with Crippen LogP contribution in [0.25, 0.3) is 0 Å². The first-order valence-corrected chi connectivity index (χ1v) is 13.7. The molecule has 2 aliphatic heterocycles.